The van der Waals surface area contributed by atoms with Gasteiger partial charge >= 0.3 is 0 Å². The molecule has 27 heavy (non-hydrogen) atoms. The number of anilines is 1. The lowest BCUT2D eigenvalue weighted by molar-refractivity contribution is -0.114. The Kier molecular flexibility index (Phi) is 4.92. The number of aryl methyl sites for hydroxylation is 1. The molecule has 4 nitrogen and oxygen atoms in total. The van der Waals surface area contributed by atoms with Gasteiger partial charge in [0.1, 0.15) is 5.03 Å². The van der Waals surface area contributed by atoms with Crippen LogP contribution in [-0.4, -0.2) is 15.9 Å². The molecule has 2 aromatic heterocycles. The lowest BCUT2D eigenvalue weighted by Crippen LogP contribution is -2.04. The fraction of sp³-hybridized carbons (Fsp3) is 0.0952. The minimum Gasteiger partial charge on any atom is -0.302 e. The van der Waals surface area contributed by atoms with Crippen molar-refractivity contribution in [2.24, 2.45) is 0 Å². The largest absolute Gasteiger partial charge is 0.302 e. The third-order valence-electron chi connectivity index (χ3n) is 4.05. The molecule has 0 aliphatic rings. The third-order valence-corrected chi connectivity index (χ3v) is 6.09. The Balaban J connectivity index is 1.65. The monoisotopic (exact) mass is 391 g/mol. The van der Waals surface area contributed by atoms with E-state index in [1.165, 1.54) is 28.7 Å². The second-order valence-electron chi connectivity index (χ2n) is 6.13. The van der Waals surface area contributed by atoms with E-state index in [9.17, 15) is 4.79 Å². The van der Waals surface area contributed by atoms with Gasteiger partial charge in [-0.15, -0.1) is 0 Å². The molecule has 0 aliphatic heterocycles. The normalized spacial score (nSPS) is 10.9. The van der Waals surface area contributed by atoms with Gasteiger partial charge in [0.05, 0.1) is 10.2 Å². The predicted octanol–water partition coefficient (Wildman–Crippen LogP) is 5.78. The van der Waals surface area contributed by atoms with Gasteiger partial charge in [0.25, 0.3) is 0 Å². The Labute approximate surface area is 165 Å². The van der Waals surface area contributed by atoms with Crippen LogP contribution >= 0.6 is 23.1 Å². The van der Waals surface area contributed by atoms with Gasteiger partial charge < -0.3 is 5.32 Å². The van der Waals surface area contributed by atoms with Crippen LogP contribution in [-0.2, 0) is 4.79 Å². The third kappa shape index (κ3) is 4.02. The molecule has 1 amide bonds. The zero-order valence-electron chi connectivity index (χ0n) is 14.9. The van der Waals surface area contributed by atoms with Gasteiger partial charge in [-0.05, 0) is 53.9 Å². The van der Waals surface area contributed by atoms with Crippen LogP contribution in [0.1, 0.15) is 12.5 Å². The summed E-state index contributed by atoms with van der Waals surface area (Å²) in [7, 11) is 0. The standard InChI is InChI=1S/C21H17N3OS2/c1-13-5-3-4-6-18(13)26-20-12-16(9-10-22-20)15-7-8-17-19(11-15)27-21(24-17)23-14(2)25/h3-12H,1-2H3,(H,23,24,25). The number of amides is 1. The maximum atomic E-state index is 11.2. The average Bonchev–Trinajstić information content (AvgIpc) is 3.04. The van der Waals surface area contributed by atoms with E-state index in [1.807, 2.05) is 30.5 Å². The van der Waals surface area contributed by atoms with Crippen molar-refractivity contribution in [1.82, 2.24) is 9.97 Å². The van der Waals surface area contributed by atoms with E-state index in [0.29, 0.717) is 5.13 Å². The number of fused-ring (bicyclic) bond motifs is 1. The van der Waals surface area contributed by atoms with Crippen molar-refractivity contribution in [2.75, 3.05) is 5.32 Å². The van der Waals surface area contributed by atoms with Gasteiger partial charge in [-0.2, -0.15) is 0 Å². The van der Waals surface area contributed by atoms with Gasteiger partial charge in [0, 0.05) is 18.0 Å². The second kappa shape index (κ2) is 7.50. The van der Waals surface area contributed by atoms with Gasteiger partial charge in [0.15, 0.2) is 5.13 Å². The highest BCUT2D eigenvalue weighted by atomic mass is 32.2. The van der Waals surface area contributed by atoms with Crippen molar-refractivity contribution in [2.45, 2.75) is 23.8 Å². The molecular formula is C21H17N3OS2. The lowest BCUT2D eigenvalue weighted by atomic mass is 10.1. The van der Waals surface area contributed by atoms with Crippen LogP contribution in [0, 0.1) is 6.92 Å². The average molecular weight is 392 g/mol. The summed E-state index contributed by atoms with van der Waals surface area (Å²) in [5.41, 5.74) is 4.34. The first-order valence-corrected chi connectivity index (χ1v) is 10.1. The topological polar surface area (TPSA) is 54.9 Å². The van der Waals surface area contributed by atoms with E-state index in [2.05, 4.69) is 52.5 Å². The molecule has 2 aromatic carbocycles. The van der Waals surface area contributed by atoms with Crippen LogP contribution < -0.4 is 5.32 Å². The molecule has 0 bridgehead atoms. The SMILES string of the molecule is CC(=O)Nc1nc2ccc(-c3ccnc(Sc4ccccc4C)c3)cc2s1. The quantitative estimate of drug-likeness (QED) is 0.479. The van der Waals surface area contributed by atoms with Crippen molar-refractivity contribution in [3.05, 3.63) is 66.4 Å². The van der Waals surface area contributed by atoms with Gasteiger partial charge in [0.2, 0.25) is 5.91 Å². The van der Waals surface area contributed by atoms with Crippen molar-refractivity contribution in [1.29, 1.82) is 0 Å². The van der Waals surface area contributed by atoms with Crippen molar-refractivity contribution >= 4 is 44.4 Å². The molecule has 0 saturated heterocycles. The molecule has 0 aliphatic carbocycles. The molecule has 134 valence electrons. The highest BCUT2D eigenvalue weighted by molar-refractivity contribution is 7.99. The van der Waals surface area contributed by atoms with Crippen LogP contribution in [0.4, 0.5) is 5.13 Å². The number of nitrogens with one attached hydrogen (secondary N) is 1. The van der Waals surface area contributed by atoms with Gasteiger partial charge in [-0.3, -0.25) is 4.79 Å². The number of nitrogens with zero attached hydrogens (tertiary/aromatic N) is 2. The number of hydrogen-bond donors (Lipinski definition) is 1. The lowest BCUT2D eigenvalue weighted by Gasteiger charge is -2.07. The van der Waals surface area contributed by atoms with E-state index >= 15 is 0 Å². The van der Waals surface area contributed by atoms with Gasteiger partial charge in [-0.25, -0.2) is 9.97 Å². The fourth-order valence-electron chi connectivity index (χ4n) is 2.74. The summed E-state index contributed by atoms with van der Waals surface area (Å²) in [6, 6.07) is 18.6. The van der Waals surface area contributed by atoms with Crippen LogP contribution in [0.3, 0.4) is 0 Å². The number of aromatic nitrogens is 2. The number of pyridine rings is 1. The maximum Gasteiger partial charge on any atom is 0.223 e. The van der Waals surface area contributed by atoms with E-state index in [4.69, 9.17) is 0 Å². The highest BCUT2D eigenvalue weighted by Gasteiger charge is 2.08. The molecule has 4 aromatic rings. The first kappa shape index (κ1) is 17.7. The highest BCUT2D eigenvalue weighted by Crippen LogP contribution is 2.33. The fourth-order valence-corrected chi connectivity index (χ4v) is 4.59. The molecule has 0 saturated carbocycles. The number of carbonyl (C=O) groups excluding carboxylic acids is 1. The summed E-state index contributed by atoms with van der Waals surface area (Å²) in [6.45, 7) is 3.60. The molecule has 0 fully saturated rings. The Hall–Kier alpha value is -2.70. The summed E-state index contributed by atoms with van der Waals surface area (Å²) < 4.78 is 1.04. The first-order chi connectivity index (χ1) is 13.1. The number of thiazole rings is 1. The molecule has 2 heterocycles. The Morgan fingerprint density at radius 3 is 2.70 bits per heavy atom. The number of carbonyl (C=O) groups is 1. The zero-order chi connectivity index (χ0) is 18.8. The number of hydrogen-bond acceptors (Lipinski definition) is 5. The summed E-state index contributed by atoms with van der Waals surface area (Å²) in [5.74, 6) is -0.110. The predicted molar refractivity (Wildman–Crippen MR) is 112 cm³/mol. The minimum absolute atomic E-state index is 0.110. The van der Waals surface area contributed by atoms with Crippen LogP contribution in [0.5, 0.6) is 0 Å². The number of benzene rings is 2. The molecule has 0 radical (unpaired) electrons. The summed E-state index contributed by atoms with van der Waals surface area (Å²) >= 11 is 3.15. The molecule has 0 unspecified atom stereocenters. The van der Waals surface area contributed by atoms with Crippen molar-refractivity contribution < 1.29 is 4.79 Å². The maximum absolute atomic E-state index is 11.2. The van der Waals surface area contributed by atoms with E-state index in [0.717, 1.165) is 26.4 Å². The van der Waals surface area contributed by atoms with Crippen molar-refractivity contribution in [3.8, 4) is 11.1 Å². The Morgan fingerprint density at radius 1 is 1.07 bits per heavy atom. The summed E-state index contributed by atoms with van der Waals surface area (Å²) in [6.07, 6.45) is 1.84. The van der Waals surface area contributed by atoms with E-state index in [1.54, 1.807) is 11.8 Å². The van der Waals surface area contributed by atoms with E-state index < -0.39 is 0 Å². The molecule has 0 spiro atoms. The zero-order valence-corrected chi connectivity index (χ0v) is 16.5. The number of rotatable bonds is 4. The molecular weight excluding hydrogens is 374 g/mol. The molecule has 4 rings (SSSR count). The first-order valence-electron chi connectivity index (χ1n) is 8.46. The molecule has 1 N–H and O–H groups in total. The minimum atomic E-state index is -0.110. The summed E-state index contributed by atoms with van der Waals surface area (Å²) in [5, 5.41) is 4.34. The van der Waals surface area contributed by atoms with Crippen molar-refractivity contribution in [3.63, 3.8) is 0 Å². The smallest absolute Gasteiger partial charge is 0.223 e. The molecule has 6 heteroatoms. The van der Waals surface area contributed by atoms with Crippen LogP contribution in [0.2, 0.25) is 0 Å². The van der Waals surface area contributed by atoms with E-state index in [-0.39, 0.29) is 5.91 Å². The molecule has 0 atom stereocenters. The Morgan fingerprint density at radius 2 is 1.89 bits per heavy atom. The van der Waals surface area contributed by atoms with Gasteiger partial charge in [-0.1, -0.05) is 47.4 Å². The van der Waals surface area contributed by atoms with Crippen LogP contribution in [0.15, 0.2) is 70.7 Å². The van der Waals surface area contributed by atoms with Crippen LogP contribution in [0.25, 0.3) is 21.3 Å². The summed E-state index contributed by atoms with van der Waals surface area (Å²) in [4.78, 5) is 21.4. The Bertz CT molecular complexity index is 1140. The second-order valence-corrected chi connectivity index (χ2v) is 8.23.